The molecule has 142 valence electrons. The van der Waals surface area contributed by atoms with Crippen LogP contribution in [0.1, 0.15) is 24.2 Å². The minimum atomic E-state index is 0.320. The third kappa shape index (κ3) is 4.16. The van der Waals surface area contributed by atoms with E-state index in [-0.39, 0.29) is 0 Å². The first kappa shape index (κ1) is 18.1. The lowest BCUT2D eigenvalue weighted by Gasteiger charge is -2.24. The van der Waals surface area contributed by atoms with Gasteiger partial charge in [0.1, 0.15) is 17.6 Å². The number of piperidine rings is 1. The van der Waals surface area contributed by atoms with Gasteiger partial charge in [0.2, 0.25) is 5.76 Å². The Hall–Kier alpha value is -3.30. The van der Waals surface area contributed by atoms with Crippen molar-refractivity contribution < 1.29 is 9.15 Å². The lowest BCUT2D eigenvalue weighted by molar-refractivity contribution is 0.478. The number of nitrogens with zero attached hydrogens (tertiary/aromatic N) is 2. The summed E-state index contributed by atoms with van der Waals surface area (Å²) in [5, 5.41) is 17.2. The van der Waals surface area contributed by atoms with Crippen LogP contribution in [-0.4, -0.2) is 24.1 Å². The number of hydrogen-bond donors (Lipinski definition) is 2. The van der Waals surface area contributed by atoms with Crippen LogP contribution in [0.25, 0.3) is 11.0 Å². The fraction of sp³-hybridized carbons (Fsp3) is 0.273. The van der Waals surface area contributed by atoms with E-state index in [1.54, 1.807) is 12.5 Å². The number of para-hydroxylation sites is 1. The topological polar surface area (TPSA) is 83.1 Å². The standard InChI is InChI=1S/C22H22N4O2/c23-14-20-18(7-4-12-27-17-5-2-1-3-6-17)19-13-22(25-15-21(19)28-20)26-16-8-10-24-11-9-16/h1-6,12-13,15-16,24H,7-11H2,(H,25,26)/b12-4-. The first-order valence-corrected chi connectivity index (χ1v) is 9.49. The summed E-state index contributed by atoms with van der Waals surface area (Å²) in [6.07, 6.45) is 7.90. The van der Waals surface area contributed by atoms with Crippen LogP contribution in [0.2, 0.25) is 0 Å². The highest BCUT2D eigenvalue weighted by Gasteiger charge is 2.17. The number of ether oxygens (including phenoxy) is 1. The highest BCUT2D eigenvalue weighted by molar-refractivity contribution is 5.85. The predicted octanol–water partition coefficient (Wildman–Crippen LogP) is 4.00. The Labute approximate surface area is 163 Å². The number of anilines is 1. The van der Waals surface area contributed by atoms with Crippen molar-refractivity contribution in [3.63, 3.8) is 0 Å². The van der Waals surface area contributed by atoms with Crippen molar-refractivity contribution in [2.24, 2.45) is 0 Å². The maximum atomic E-state index is 9.44. The second-order valence-corrected chi connectivity index (χ2v) is 6.76. The van der Waals surface area contributed by atoms with Gasteiger partial charge >= 0.3 is 0 Å². The number of nitrogens with one attached hydrogen (secondary N) is 2. The zero-order valence-electron chi connectivity index (χ0n) is 15.5. The lowest BCUT2D eigenvalue weighted by Crippen LogP contribution is -2.35. The lowest BCUT2D eigenvalue weighted by atomic mass is 10.1. The Kier molecular flexibility index (Phi) is 5.55. The van der Waals surface area contributed by atoms with Gasteiger partial charge in [0.15, 0.2) is 5.58 Å². The van der Waals surface area contributed by atoms with Crippen LogP contribution in [-0.2, 0) is 6.42 Å². The first-order chi connectivity index (χ1) is 13.8. The van der Waals surface area contributed by atoms with Crippen molar-refractivity contribution in [3.8, 4) is 11.8 Å². The number of nitriles is 1. The molecular formula is C22H22N4O2. The molecule has 3 heterocycles. The molecule has 0 saturated carbocycles. The summed E-state index contributed by atoms with van der Waals surface area (Å²) < 4.78 is 11.3. The normalized spacial score (nSPS) is 15.0. The van der Waals surface area contributed by atoms with Gasteiger partial charge in [-0.1, -0.05) is 18.2 Å². The molecule has 1 aromatic carbocycles. The third-order valence-electron chi connectivity index (χ3n) is 4.84. The zero-order valence-corrected chi connectivity index (χ0v) is 15.5. The molecule has 6 heteroatoms. The molecule has 3 aromatic rings. The quantitative estimate of drug-likeness (QED) is 0.635. The SMILES string of the molecule is N#Cc1oc2cnc(NC3CCNCC3)cc2c1C/C=C\Oc1ccccc1. The second kappa shape index (κ2) is 8.59. The van der Waals surface area contributed by atoms with Crippen LogP contribution >= 0.6 is 0 Å². The molecule has 0 bridgehead atoms. The van der Waals surface area contributed by atoms with Crippen LogP contribution in [0, 0.1) is 11.3 Å². The van der Waals surface area contributed by atoms with Crippen molar-refractivity contribution in [2.45, 2.75) is 25.3 Å². The summed E-state index contributed by atoms with van der Waals surface area (Å²) in [5.41, 5.74) is 1.47. The monoisotopic (exact) mass is 374 g/mol. The largest absolute Gasteiger partial charge is 0.465 e. The van der Waals surface area contributed by atoms with Gasteiger partial charge in [-0.05, 0) is 56.6 Å². The Morgan fingerprint density at radius 2 is 2.11 bits per heavy atom. The first-order valence-electron chi connectivity index (χ1n) is 9.49. The number of allylic oxidation sites excluding steroid dienone is 1. The highest BCUT2D eigenvalue weighted by Crippen LogP contribution is 2.28. The van der Waals surface area contributed by atoms with Gasteiger partial charge < -0.3 is 19.8 Å². The van der Waals surface area contributed by atoms with Gasteiger partial charge in [0.25, 0.3) is 0 Å². The van der Waals surface area contributed by atoms with Gasteiger partial charge in [-0.2, -0.15) is 5.26 Å². The third-order valence-corrected chi connectivity index (χ3v) is 4.84. The van der Waals surface area contributed by atoms with E-state index in [4.69, 9.17) is 9.15 Å². The van der Waals surface area contributed by atoms with Crippen LogP contribution in [0.15, 0.2) is 59.4 Å². The zero-order chi connectivity index (χ0) is 19.2. The highest BCUT2D eigenvalue weighted by atomic mass is 16.5. The molecule has 1 aliphatic rings. The number of hydrogen-bond acceptors (Lipinski definition) is 6. The molecule has 0 atom stereocenters. The molecule has 28 heavy (non-hydrogen) atoms. The number of furan rings is 1. The molecule has 0 radical (unpaired) electrons. The fourth-order valence-electron chi connectivity index (χ4n) is 3.39. The van der Waals surface area contributed by atoms with E-state index in [0.29, 0.717) is 23.8 Å². The molecule has 1 fully saturated rings. The molecule has 2 N–H and O–H groups in total. The minimum absolute atomic E-state index is 0.320. The van der Waals surface area contributed by atoms with Crippen molar-refractivity contribution in [3.05, 3.63) is 66.3 Å². The number of benzene rings is 1. The molecule has 0 amide bonds. The van der Waals surface area contributed by atoms with Crippen molar-refractivity contribution in [1.82, 2.24) is 10.3 Å². The van der Waals surface area contributed by atoms with E-state index in [1.165, 1.54) is 0 Å². The number of rotatable bonds is 6. The Balaban J connectivity index is 1.52. The summed E-state index contributed by atoms with van der Waals surface area (Å²) in [4.78, 5) is 4.45. The number of aromatic nitrogens is 1. The van der Waals surface area contributed by atoms with E-state index in [1.807, 2.05) is 42.5 Å². The van der Waals surface area contributed by atoms with Crippen LogP contribution in [0.4, 0.5) is 5.82 Å². The number of pyridine rings is 1. The van der Waals surface area contributed by atoms with E-state index in [2.05, 4.69) is 21.7 Å². The summed E-state index contributed by atoms with van der Waals surface area (Å²) >= 11 is 0. The summed E-state index contributed by atoms with van der Waals surface area (Å²) in [7, 11) is 0. The fourth-order valence-corrected chi connectivity index (χ4v) is 3.39. The molecule has 2 aromatic heterocycles. The van der Waals surface area contributed by atoms with Crippen molar-refractivity contribution in [1.29, 1.82) is 5.26 Å². The van der Waals surface area contributed by atoms with Gasteiger partial charge in [0, 0.05) is 17.0 Å². The Morgan fingerprint density at radius 3 is 2.89 bits per heavy atom. The summed E-state index contributed by atoms with van der Waals surface area (Å²) in [6, 6.07) is 14.1. The molecule has 0 unspecified atom stereocenters. The molecule has 6 nitrogen and oxygen atoms in total. The minimum Gasteiger partial charge on any atom is -0.465 e. The van der Waals surface area contributed by atoms with Crippen molar-refractivity contribution >= 4 is 16.8 Å². The van der Waals surface area contributed by atoms with Gasteiger partial charge in [0.05, 0.1) is 12.5 Å². The van der Waals surface area contributed by atoms with Crippen LogP contribution < -0.4 is 15.4 Å². The molecular weight excluding hydrogens is 352 g/mol. The molecule has 1 saturated heterocycles. The summed E-state index contributed by atoms with van der Waals surface area (Å²) in [6.45, 7) is 2.03. The summed E-state index contributed by atoms with van der Waals surface area (Å²) in [5.74, 6) is 1.91. The van der Waals surface area contributed by atoms with Gasteiger partial charge in [-0.3, -0.25) is 0 Å². The second-order valence-electron chi connectivity index (χ2n) is 6.76. The molecule has 0 aliphatic carbocycles. The van der Waals surface area contributed by atoms with E-state index in [9.17, 15) is 5.26 Å². The Bertz CT molecular complexity index is 999. The van der Waals surface area contributed by atoms with Crippen LogP contribution in [0.5, 0.6) is 5.75 Å². The molecule has 4 rings (SSSR count). The molecule has 0 spiro atoms. The Morgan fingerprint density at radius 1 is 1.29 bits per heavy atom. The molecule has 1 aliphatic heterocycles. The van der Waals surface area contributed by atoms with E-state index in [0.717, 1.165) is 48.4 Å². The van der Waals surface area contributed by atoms with Gasteiger partial charge in [-0.25, -0.2) is 4.98 Å². The average molecular weight is 374 g/mol. The predicted molar refractivity (Wildman–Crippen MR) is 108 cm³/mol. The maximum absolute atomic E-state index is 9.44. The maximum Gasteiger partial charge on any atom is 0.208 e. The van der Waals surface area contributed by atoms with E-state index >= 15 is 0 Å². The van der Waals surface area contributed by atoms with Crippen LogP contribution in [0.3, 0.4) is 0 Å². The van der Waals surface area contributed by atoms with Gasteiger partial charge in [-0.15, -0.1) is 0 Å². The smallest absolute Gasteiger partial charge is 0.208 e. The van der Waals surface area contributed by atoms with E-state index < -0.39 is 0 Å². The number of fused-ring (bicyclic) bond motifs is 1. The van der Waals surface area contributed by atoms with Crippen molar-refractivity contribution in [2.75, 3.05) is 18.4 Å². The average Bonchev–Trinajstić information content (AvgIpc) is 3.10.